The minimum Gasteiger partial charge on any atom is -0.478 e. The van der Waals surface area contributed by atoms with Crippen LogP contribution in [0, 0.1) is 6.92 Å². The first-order chi connectivity index (χ1) is 8.72. The molecule has 1 aliphatic rings. The predicted octanol–water partition coefficient (Wildman–Crippen LogP) is 0.874. The van der Waals surface area contributed by atoms with E-state index >= 15 is 0 Å². The molecule has 18 heavy (non-hydrogen) atoms. The van der Waals surface area contributed by atoms with Gasteiger partial charge in [0.25, 0.3) is 0 Å². The summed E-state index contributed by atoms with van der Waals surface area (Å²) in [6, 6.07) is -0.221. The Morgan fingerprint density at radius 1 is 1.56 bits per heavy atom. The maximum absolute atomic E-state index is 11.7. The molecule has 98 valence electrons. The molecular weight excluding hydrogens is 232 g/mol. The van der Waals surface area contributed by atoms with E-state index < -0.39 is 0 Å². The zero-order chi connectivity index (χ0) is 13.0. The van der Waals surface area contributed by atoms with Gasteiger partial charge in [0.2, 0.25) is 11.8 Å². The van der Waals surface area contributed by atoms with Crippen molar-refractivity contribution >= 4 is 11.7 Å². The second-order valence-corrected chi connectivity index (χ2v) is 4.22. The van der Waals surface area contributed by atoms with Gasteiger partial charge < -0.3 is 15.4 Å². The molecular formula is C12H18N4O2. The van der Waals surface area contributed by atoms with Crippen LogP contribution in [0.5, 0.6) is 5.88 Å². The average Bonchev–Trinajstić information content (AvgIpc) is 2.37. The van der Waals surface area contributed by atoms with Crippen LogP contribution in [0.3, 0.4) is 0 Å². The Balaban J connectivity index is 2.13. The maximum Gasteiger partial charge on any atom is 0.242 e. The molecule has 0 aliphatic carbocycles. The fraction of sp³-hybridized carbons (Fsp3) is 0.583. The van der Waals surface area contributed by atoms with Crippen LogP contribution in [0.2, 0.25) is 0 Å². The van der Waals surface area contributed by atoms with Crippen LogP contribution in [0.25, 0.3) is 0 Å². The number of carbonyl (C=O) groups is 1. The Morgan fingerprint density at radius 3 is 3.11 bits per heavy atom. The van der Waals surface area contributed by atoms with E-state index in [1.54, 1.807) is 0 Å². The number of anilines is 1. The van der Waals surface area contributed by atoms with Crippen LogP contribution < -0.4 is 15.4 Å². The summed E-state index contributed by atoms with van der Waals surface area (Å²) >= 11 is 0. The molecule has 0 aromatic carbocycles. The first-order valence-electron chi connectivity index (χ1n) is 6.21. The van der Waals surface area contributed by atoms with E-state index in [4.69, 9.17) is 4.74 Å². The van der Waals surface area contributed by atoms with Crippen molar-refractivity contribution in [2.24, 2.45) is 0 Å². The van der Waals surface area contributed by atoms with Crippen molar-refractivity contribution in [3.63, 3.8) is 0 Å². The Morgan fingerprint density at radius 2 is 2.39 bits per heavy atom. The lowest BCUT2D eigenvalue weighted by Gasteiger charge is -2.24. The van der Waals surface area contributed by atoms with E-state index in [1.165, 1.54) is 6.33 Å². The van der Waals surface area contributed by atoms with Gasteiger partial charge >= 0.3 is 0 Å². The monoisotopic (exact) mass is 250 g/mol. The SMILES string of the molecule is CCOc1ncnc(NC2CCCNC2=O)c1C. The maximum atomic E-state index is 11.7. The highest BCUT2D eigenvalue weighted by atomic mass is 16.5. The first-order valence-corrected chi connectivity index (χ1v) is 6.21. The second kappa shape index (κ2) is 5.66. The van der Waals surface area contributed by atoms with Crippen LogP contribution in [0.4, 0.5) is 5.82 Å². The van der Waals surface area contributed by atoms with Gasteiger partial charge in [-0.2, -0.15) is 0 Å². The minimum absolute atomic E-state index is 0.0252. The molecule has 0 radical (unpaired) electrons. The summed E-state index contributed by atoms with van der Waals surface area (Å²) in [5.41, 5.74) is 0.831. The van der Waals surface area contributed by atoms with Crippen molar-refractivity contribution in [1.29, 1.82) is 0 Å². The van der Waals surface area contributed by atoms with E-state index in [1.807, 2.05) is 13.8 Å². The normalized spacial score (nSPS) is 19.2. The molecule has 6 heteroatoms. The van der Waals surface area contributed by atoms with Gasteiger partial charge in [-0.15, -0.1) is 0 Å². The summed E-state index contributed by atoms with van der Waals surface area (Å²) in [6.07, 6.45) is 3.24. The fourth-order valence-corrected chi connectivity index (χ4v) is 1.94. The molecule has 1 fully saturated rings. The van der Waals surface area contributed by atoms with Crippen molar-refractivity contribution in [2.75, 3.05) is 18.5 Å². The Kier molecular flexibility index (Phi) is 3.96. The van der Waals surface area contributed by atoms with Crippen molar-refractivity contribution < 1.29 is 9.53 Å². The lowest BCUT2D eigenvalue weighted by molar-refractivity contribution is -0.123. The minimum atomic E-state index is -0.221. The average molecular weight is 250 g/mol. The van der Waals surface area contributed by atoms with E-state index in [2.05, 4.69) is 20.6 Å². The summed E-state index contributed by atoms with van der Waals surface area (Å²) in [5.74, 6) is 1.25. The molecule has 0 bridgehead atoms. The van der Waals surface area contributed by atoms with Crippen LogP contribution in [0.15, 0.2) is 6.33 Å². The number of carbonyl (C=O) groups excluding carboxylic acids is 1. The number of nitrogens with one attached hydrogen (secondary N) is 2. The standard InChI is InChI=1S/C12H18N4O2/c1-3-18-12-8(2)10(14-7-15-12)16-9-5-4-6-13-11(9)17/h7,9H,3-6H2,1-2H3,(H,13,17)(H,14,15,16). The molecule has 6 nitrogen and oxygen atoms in total. The number of aromatic nitrogens is 2. The van der Waals surface area contributed by atoms with E-state index in [0.717, 1.165) is 24.9 Å². The van der Waals surface area contributed by atoms with Gasteiger partial charge in [-0.1, -0.05) is 0 Å². The quantitative estimate of drug-likeness (QED) is 0.829. The van der Waals surface area contributed by atoms with Crippen LogP contribution in [-0.4, -0.2) is 35.1 Å². The largest absolute Gasteiger partial charge is 0.478 e. The third-order valence-electron chi connectivity index (χ3n) is 2.92. The fourth-order valence-electron chi connectivity index (χ4n) is 1.94. The lowest BCUT2D eigenvalue weighted by Crippen LogP contribution is -2.44. The van der Waals surface area contributed by atoms with Gasteiger partial charge in [0, 0.05) is 6.54 Å². The van der Waals surface area contributed by atoms with Gasteiger partial charge in [-0.05, 0) is 26.7 Å². The molecule has 2 heterocycles. The molecule has 1 unspecified atom stereocenters. The lowest BCUT2D eigenvalue weighted by atomic mass is 10.1. The van der Waals surface area contributed by atoms with Gasteiger partial charge in [-0.25, -0.2) is 9.97 Å². The number of nitrogens with zero attached hydrogens (tertiary/aromatic N) is 2. The van der Waals surface area contributed by atoms with Gasteiger partial charge in [0.05, 0.1) is 12.2 Å². The van der Waals surface area contributed by atoms with Crippen molar-refractivity contribution in [1.82, 2.24) is 15.3 Å². The van der Waals surface area contributed by atoms with Crippen molar-refractivity contribution in [3.05, 3.63) is 11.9 Å². The van der Waals surface area contributed by atoms with E-state index in [-0.39, 0.29) is 11.9 Å². The van der Waals surface area contributed by atoms with E-state index in [9.17, 15) is 4.79 Å². The molecule has 1 amide bonds. The van der Waals surface area contributed by atoms with Gasteiger partial charge in [0.15, 0.2) is 0 Å². The first kappa shape index (κ1) is 12.6. The van der Waals surface area contributed by atoms with Gasteiger partial charge in [-0.3, -0.25) is 4.79 Å². The van der Waals surface area contributed by atoms with Crippen molar-refractivity contribution in [3.8, 4) is 5.88 Å². The Bertz CT molecular complexity index is 436. The highest BCUT2D eigenvalue weighted by Crippen LogP contribution is 2.22. The highest BCUT2D eigenvalue weighted by molar-refractivity contribution is 5.85. The number of hydrogen-bond acceptors (Lipinski definition) is 5. The molecule has 1 atom stereocenters. The summed E-state index contributed by atoms with van der Waals surface area (Å²) in [5, 5.41) is 5.99. The summed E-state index contributed by atoms with van der Waals surface area (Å²) < 4.78 is 5.40. The molecule has 2 rings (SSSR count). The van der Waals surface area contributed by atoms with Crippen molar-refractivity contribution in [2.45, 2.75) is 32.7 Å². The predicted molar refractivity (Wildman–Crippen MR) is 67.6 cm³/mol. The van der Waals surface area contributed by atoms with E-state index in [0.29, 0.717) is 18.3 Å². The number of hydrogen-bond donors (Lipinski definition) is 2. The summed E-state index contributed by atoms with van der Waals surface area (Å²) in [4.78, 5) is 19.9. The molecule has 1 aromatic heterocycles. The molecule has 0 spiro atoms. The summed E-state index contributed by atoms with van der Waals surface area (Å²) in [6.45, 7) is 5.10. The Labute approximate surface area is 106 Å². The van der Waals surface area contributed by atoms with Crippen LogP contribution in [0.1, 0.15) is 25.3 Å². The Hall–Kier alpha value is -1.85. The number of amides is 1. The van der Waals surface area contributed by atoms with Crippen LogP contribution >= 0.6 is 0 Å². The molecule has 1 aliphatic heterocycles. The zero-order valence-corrected chi connectivity index (χ0v) is 10.7. The van der Waals surface area contributed by atoms with Crippen LogP contribution in [-0.2, 0) is 4.79 Å². The third kappa shape index (κ3) is 2.69. The molecule has 1 aromatic rings. The zero-order valence-electron chi connectivity index (χ0n) is 10.7. The highest BCUT2D eigenvalue weighted by Gasteiger charge is 2.23. The number of piperidine rings is 1. The van der Waals surface area contributed by atoms with Gasteiger partial charge in [0.1, 0.15) is 18.2 Å². The third-order valence-corrected chi connectivity index (χ3v) is 2.92. The topological polar surface area (TPSA) is 76.1 Å². The second-order valence-electron chi connectivity index (χ2n) is 4.22. The molecule has 1 saturated heterocycles. The number of rotatable bonds is 4. The molecule has 2 N–H and O–H groups in total. The number of ether oxygens (including phenoxy) is 1. The smallest absolute Gasteiger partial charge is 0.242 e. The summed E-state index contributed by atoms with van der Waals surface area (Å²) in [7, 11) is 0. The molecule has 0 saturated carbocycles.